The molecule has 6 nitrogen and oxygen atoms in total. The van der Waals surface area contributed by atoms with Gasteiger partial charge in [0.1, 0.15) is 12.1 Å². The number of carbonyl (C=O) groups excluding carboxylic acids is 2. The summed E-state index contributed by atoms with van der Waals surface area (Å²) in [7, 11) is 0. The minimum Gasteiger partial charge on any atom is -0.461 e. The van der Waals surface area contributed by atoms with Crippen molar-refractivity contribution in [2.75, 3.05) is 32.7 Å². The first kappa shape index (κ1) is 28.7. The Morgan fingerprint density at radius 2 is 1.62 bits per heavy atom. The molecule has 0 aromatic rings. The van der Waals surface area contributed by atoms with E-state index in [-0.39, 0.29) is 35.0 Å². The molecule has 0 aromatic carbocycles. The zero-order valence-corrected chi connectivity index (χ0v) is 25.7. The van der Waals surface area contributed by atoms with E-state index in [1.54, 1.807) is 13.8 Å². The van der Waals surface area contributed by atoms with Crippen LogP contribution >= 0.6 is 0 Å². The van der Waals surface area contributed by atoms with Crippen LogP contribution < -0.4 is 0 Å². The molecule has 6 rings (SSSR count). The molecule has 0 radical (unpaired) electrons. The van der Waals surface area contributed by atoms with Crippen LogP contribution in [-0.2, 0) is 19.1 Å². The van der Waals surface area contributed by atoms with Gasteiger partial charge in [-0.15, -0.1) is 0 Å². The number of rotatable bonds is 6. The number of hydrogen-bond acceptors (Lipinski definition) is 5. The first-order valence-corrected chi connectivity index (χ1v) is 16.7. The molecule has 224 valence electrons. The molecule has 40 heavy (non-hydrogen) atoms. The van der Waals surface area contributed by atoms with Gasteiger partial charge in [-0.2, -0.15) is 0 Å². The average Bonchev–Trinajstić information content (AvgIpc) is 3.64. The van der Waals surface area contributed by atoms with Crippen LogP contribution in [0.1, 0.15) is 98.3 Å². The molecule has 0 amide bonds. The molecular formula is C34H55N2O4+. The Morgan fingerprint density at radius 3 is 2.27 bits per heavy atom. The molecule has 10 atom stereocenters. The van der Waals surface area contributed by atoms with Crippen molar-refractivity contribution >= 4 is 11.9 Å². The van der Waals surface area contributed by atoms with Crippen molar-refractivity contribution in [1.29, 1.82) is 0 Å². The van der Waals surface area contributed by atoms with Gasteiger partial charge in [-0.1, -0.05) is 20.4 Å². The van der Waals surface area contributed by atoms with Crippen molar-refractivity contribution in [3.8, 4) is 0 Å². The van der Waals surface area contributed by atoms with Crippen LogP contribution in [-0.4, -0.2) is 78.3 Å². The standard InChI is InChI=1S/C34H55N2O4/c1-6-17-36(18-9-10-19-36)30-21-28-26-12-11-25-20-31(39-23(2)37)29(35-15-7-8-16-35)22-34(25,5)27(26)13-14-33(28,4)32(30)40-24(3)38/h6,25-32H,1,7-22H2,2-5H3/q+1/t25-,26-,27-,28-,29+,30+,31+,32+,33+,34+/m1/s1. The van der Waals surface area contributed by atoms with Gasteiger partial charge in [0.2, 0.25) is 0 Å². The second kappa shape index (κ2) is 10.7. The minimum absolute atomic E-state index is 0.0107. The fourth-order valence-corrected chi connectivity index (χ4v) is 11.8. The molecular weight excluding hydrogens is 500 g/mol. The van der Waals surface area contributed by atoms with Crippen molar-refractivity contribution in [2.24, 2.45) is 34.5 Å². The highest BCUT2D eigenvalue weighted by molar-refractivity contribution is 5.66. The van der Waals surface area contributed by atoms with E-state index in [2.05, 4.69) is 31.4 Å². The molecule has 0 bridgehead atoms. The van der Waals surface area contributed by atoms with Gasteiger partial charge in [0, 0.05) is 44.6 Å². The lowest BCUT2D eigenvalue weighted by atomic mass is 9.44. The fourth-order valence-electron chi connectivity index (χ4n) is 11.8. The highest BCUT2D eigenvalue weighted by Gasteiger charge is 2.67. The molecule has 4 saturated carbocycles. The van der Waals surface area contributed by atoms with Crippen molar-refractivity contribution in [2.45, 2.75) is 123 Å². The van der Waals surface area contributed by atoms with Crippen LogP contribution in [0.3, 0.4) is 0 Å². The molecule has 6 heteroatoms. The zero-order valence-electron chi connectivity index (χ0n) is 25.7. The quantitative estimate of drug-likeness (QED) is 0.238. The summed E-state index contributed by atoms with van der Waals surface area (Å²) < 4.78 is 13.5. The Balaban J connectivity index is 1.31. The summed E-state index contributed by atoms with van der Waals surface area (Å²) in [5.41, 5.74) is 0.337. The summed E-state index contributed by atoms with van der Waals surface area (Å²) in [5.74, 6) is 2.40. The van der Waals surface area contributed by atoms with Gasteiger partial charge in [-0.05, 0) is 99.6 Å². The van der Waals surface area contributed by atoms with Crippen LogP contribution in [0.15, 0.2) is 12.7 Å². The third-order valence-corrected chi connectivity index (χ3v) is 13.5. The van der Waals surface area contributed by atoms with Gasteiger partial charge < -0.3 is 14.0 Å². The predicted molar refractivity (Wildman–Crippen MR) is 156 cm³/mol. The average molecular weight is 556 g/mol. The highest BCUT2D eigenvalue weighted by Crippen LogP contribution is 2.68. The number of fused-ring (bicyclic) bond motifs is 5. The van der Waals surface area contributed by atoms with Crippen LogP contribution in [0.2, 0.25) is 0 Å². The normalized spacial score (nSPS) is 46.2. The van der Waals surface area contributed by atoms with E-state index in [1.807, 2.05) is 0 Å². The summed E-state index contributed by atoms with van der Waals surface area (Å²) in [6.07, 6.45) is 15.5. The van der Waals surface area contributed by atoms with E-state index in [1.165, 1.54) is 64.5 Å². The summed E-state index contributed by atoms with van der Waals surface area (Å²) >= 11 is 0. The van der Waals surface area contributed by atoms with E-state index in [0.717, 1.165) is 43.4 Å². The minimum atomic E-state index is -0.119. The van der Waals surface area contributed by atoms with Gasteiger partial charge >= 0.3 is 11.9 Å². The molecule has 6 fully saturated rings. The van der Waals surface area contributed by atoms with Gasteiger partial charge in [0.15, 0.2) is 6.10 Å². The summed E-state index contributed by atoms with van der Waals surface area (Å²) in [5, 5.41) is 0. The molecule has 0 aromatic heterocycles. The fraction of sp³-hybridized carbons (Fsp3) is 0.882. The van der Waals surface area contributed by atoms with Crippen LogP contribution in [0.5, 0.6) is 0 Å². The Kier molecular flexibility index (Phi) is 7.68. The van der Waals surface area contributed by atoms with Crippen molar-refractivity contribution < 1.29 is 23.5 Å². The van der Waals surface area contributed by atoms with Crippen molar-refractivity contribution in [3.63, 3.8) is 0 Å². The Hall–Kier alpha value is -1.40. The van der Waals surface area contributed by atoms with Crippen LogP contribution in [0.25, 0.3) is 0 Å². The number of nitrogens with zero attached hydrogens (tertiary/aromatic N) is 2. The van der Waals surface area contributed by atoms with Crippen LogP contribution in [0, 0.1) is 34.5 Å². The number of quaternary nitrogens is 1. The third-order valence-electron chi connectivity index (χ3n) is 13.5. The SMILES string of the molecule is C=CC[N+]1([C@H]2C[C@@H]3[C@@H]4CC[C@@H]5C[C@H](OC(C)=O)[C@@H](N6CCCC6)C[C@]5(C)[C@@H]4CC[C@]3(C)[C@H]2OC(C)=O)CCCC1. The number of carbonyl (C=O) groups is 2. The third kappa shape index (κ3) is 4.58. The van der Waals surface area contributed by atoms with E-state index < -0.39 is 0 Å². The highest BCUT2D eigenvalue weighted by atomic mass is 16.5. The predicted octanol–water partition coefficient (Wildman–Crippen LogP) is 5.74. The number of ether oxygens (including phenoxy) is 2. The van der Waals surface area contributed by atoms with E-state index in [0.29, 0.717) is 35.8 Å². The van der Waals surface area contributed by atoms with E-state index in [9.17, 15) is 9.59 Å². The smallest absolute Gasteiger partial charge is 0.303 e. The molecule has 0 unspecified atom stereocenters. The van der Waals surface area contributed by atoms with Gasteiger partial charge in [-0.3, -0.25) is 14.5 Å². The maximum absolute atomic E-state index is 12.5. The second-order valence-corrected chi connectivity index (χ2v) is 15.3. The first-order valence-electron chi connectivity index (χ1n) is 16.7. The molecule has 4 aliphatic carbocycles. The Labute approximate surface area is 242 Å². The molecule has 0 N–H and O–H groups in total. The van der Waals surface area contributed by atoms with Gasteiger partial charge in [-0.25, -0.2) is 0 Å². The maximum Gasteiger partial charge on any atom is 0.303 e. The molecule has 2 heterocycles. The Morgan fingerprint density at radius 1 is 0.925 bits per heavy atom. The molecule has 2 aliphatic heterocycles. The van der Waals surface area contributed by atoms with E-state index in [4.69, 9.17) is 9.47 Å². The number of hydrogen-bond donors (Lipinski definition) is 0. The number of likely N-dealkylation sites (tertiary alicyclic amines) is 2. The van der Waals surface area contributed by atoms with Crippen LogP contribution in [0.4, 0.5) is 0 Å². The molecule has 6 aliphatic rings. The Bertz CT molecular complexity index is 986. The molecule has 0 spiro atoms. The lowest BCUT2D eigenvalue weighted by Gasteiger charge is -2.62. The molecule has 2 saturated heterocycles. The lowest BCUT2D eigenvalue weighted by Crippen LogP contribution is -2.61. The van der Waals surface area contributed by atoms with E-state index >= 15 is 0 Å². The van der Waals surface area contributed by atoms with Gasteiger partial charge in [0.25, 0.3) is 0 Å². The largest absolute Gasteiger partial charge is 0.461 e. The van der Waals surface area contributed by atoms with Crippen molar-refractivity contribution in [3.05, 3.63) is 12.7 Å². The zero-order chi connectivity index (χ0) is 28.3. The number of esters is 2. The summed E-state index contributed by atoms with van der Waals surface area (Å²) in [6.45, 7) is 18.1. The second-order valence-electron chi connectivity index (χ2n) is 15.3. The van der Waals surface area contributed by atoms with Gasteiger partial charge in [0.05, 0.1) is 19.6 Å². The maximum atomic E-state index is 12.5. The topological polar surface area (TPSA) is 55.8 Å². The summed E-state index contributed by atoms with van der Waals surface area (Å²) in [6, 6.07) is 0.747. The van der Waals surface area contributed by atoms with Crippen molar-refractivity contribution in [1.82, 2.24) is 4.90 Å². The summed E-state index contributed by atoms with van der Waals surface area (Å²) in [4.78, 5) is 27.3. The monoisotopic (exact) mass is 555 g/mol. The first-order chi connectivity index (χ1) is 19.1. The lowest BCUT2D eigenvalue weighted by molar-refractivity contribution is -0.937.